The van der Waals surface area contributed by atoms with Crippen LogP contribution in [0.4, 0.5) is 0 Å². The third-order valence-corrected chi connectivity index (χ3v) is 7.23. The number of aromatic hydroxyl groups is 1. The van der Waals surface area contributed by atoms with Gasteiger partial charge >= 0.3 is 0 Å². The van der Waals surface area contributed by atoms with Crippen molar-refractivity contribution < 1.29 is 14.3 Å². The van der Waals surface area contributed by atoms with Crippen LogP contribution < -0.4 is 10.7 Å². The molecule has 0 aromatic heterocycles. The van der Waals surface area contributed by atoms with Crippen molar-refractivity contribution in [3.8, 4) is 28.2 Å². The van der Waals surface area contributed by atoms with Crippen LogP contribution in [0.3, 0.4) is 0 Å². The highest BCUT2D eigenvalue weighted by molar-refractivity contribution is 6.33. The molecule has 34 heavy (non-hydrogen) atoms. The smallest absolute Gasteiger partial charge is 0.251 e. The van der Waals surface area contributed by atoms with Gasteiger partial charge in [-0.3, -0.25) is 9.59 Å². The number of hydrogen-bond donors (Lipinski definition) is 2. The number of carbonyl (C=O) groups is 1. The normalized spacial score (nSPS) is 18.3. The number of hydrogen-bond acceptors (Lipinski definition) is 4. The summed E-state index contributed by atoms with van der Waals surface area (Å²) in [4.78, 5) is 24.9. The van der Waals surface area contributed by atoms with Gasteiger partial charge in [0.1, 0.15) is 17.1 Å². The lowest BCUT2D eigenvalue weighted by atomic mass is 9.87. The van der Waals surface area contributed by atoms with E-state index in [0.717, 1.165) is 42.7 Å². The number of fused-ring (bicyclic) bond motifs is 2. The first-order chi connectivity index (χ1) is 16.3. The molecule has 0 radical (unpaired) electrons. The van der Waals surface area contributed by atoms with Gasteiger partial charge in [-0.25, -0.2) is 0 Å². The van der Waals surface area contributed by atoms with Crippen LogP contribution in [0, 0.1) is 5.92 Å². The van der Waals surface area contributed by atoms with Crippen LogP contribution in [0.15, 0.2) is 57.7 Å². The van der Waals surface area contributed by atoms with Gasteiger partial charge in [0, 0.05) is 40.3 Å². The van der Waals surface area contributed by atoms with Gasteiger partial charge in [0.05, 0.1) is 10.0 Å². The summed E-state index contributed by atoms with van der Waals surface area (Å²) < 4.78 is 5.89. The molecule has 1 saturated carbocycles. The molecule has 2 aliphatic carbocycles. The van der Waals surface area contributed by atoms with E-state index in [0.29, 0.717) is 27.9 Å². The molecule has 2 aromatic carbocycles. The van der Waals surface area contributed by atoms with Crippen molar-refractivity contribution in [1.82, 2.24) is 5.32 Å². The lowest BCUT2D eigenvalue weighted by molar-refractivity contribution is 0.0923. The standard InChI is InChI=1S/C27H23Cl2NO4/c1-14-2-8-17(9-3-14)30-27(33)16-6-4-15(5-7-16)26-18-10-20(28)22(31)12-24(18)34-25-13-23(32)21(29)11-19(25)26/h4-7,10-14,17,31H,2-3,8-9H2,1H3,(H,30,33). The summed E-state index contributed by atoms with van der Waals surface area (Å²) in [6.45, 7) is 2.25. The Labute approximate surface area is 206 Å². The Bertz CT molecular complexity index is 1420. The van der Waals surface area contributed by atoms with Crippen LogP contribution in [-0.4, -0.2) is 17.1 Å². The number of phenolic OH excluding ortho intramolecular Hbond substituents is 1. The molecule has 1 heterocycles. The van der Waals surface area contributed by atoms with E-state index >= 15 is 0 Å². The van der Waals surface area contributed by atoms with Gasteiger partial charge in [-0.2, -0.15) is 0 Å². The number of benzene rings is 3. The second-order valence-corrected chi connectivity index (χ2v) is 9.88. The number of halogens is 2. The number of nitrogens with one attached hydrogen (secondary N) is 1. The van der Waals surface area contributed by atoms with E-state index in [1.807, 2.05) is 12.1 Å². The number of carbonyl (C=O) groups excluding carboxylic acids is 1. The second kappa shape index (κ2) is 8.97. The van der Waals surface area contributed by atoms with Crippen molar-refractivity contribution in [3.05, 3.63) is 74.4 Å². The molecule has 0 unspecified atom stereocenters. The zero-order chi connectivity index (χ0) is 24.0. The average Bonchev–Trinajstić information content (AvgIpc) is 2.81. The first-order valence-electron chi connectivity index (χ1n) is 11.3. The van der Waals surface area contributed by atoms with Gasteiger partial charge in [-0.15, -0.1) is 0 Å². The maximum Gasteiger partial charge on any atom is 0.251 e. The molecule has 3 aliphatic rings. The second-order valence-electron chi connectivity index (χ2n) is 9.06. The van der Waals surface area contributed by atoms with E-state index in [1.165, 1.54) is 12.1 Å². The van der Waals surface area contributed by atoms with Crippen molar-refractivity contribution in [2.75, 3.05) is 0 Å². The van der Waals surface area contributed by atoms with Crippen molar-refractivity contribution in [1.29, 1.82) is 0 Å². The van der Waals surface area contributed by atoms with Crippen LogP contribution in [0.2, 0.25) is 10.0 Å². The molecule has 1 aliphatic heterocycles. The van der Waals surface area contributed by atoms with Crippen molar-refractivity contribution in [2.24, 2.45) is 5.92 Å². The molecular weight excluding hydrogens is 473 g/mol. The molecule has 0 atom stereocenters. The molecule has 2 aromatic rings. The van der Waals surface area contributed by atoms with Gasteiger partial charge in [0.15, 0.2) is 0 Å². The lowest BCUT2D eigenvalue weighted by Crippen LogP contribution is -2.37. The quantitative estimate of drug-likeness (QED) is 0.303. The third kappa shape index (κ3) is 4.26. The van der Waals surface area contributed by atoms with Gasteiger partial charge in [0.25, 0.3) is 5.91 Å². The molecular formula is C27H23Cl2NO4. The van der Waals surface area contributed by atoms with Crippen LogP contribution in [-0.2, 0) is 0 Å². The third-order valence-electron chi connectivity index (χ3n) is 6.63. The zero-order valence-corrected chi connectivity index (χ0v) is 20.0. The van der Waals surface area contributed by atoms with E-state index in [1.54, 1.807) is 24.3 Å². The van der Waals surface area contributed by atoms with E-state index < -0.39 is 0 Å². The van der Waals surface area contributed by atoms with Crippen molar-refractivity contribution in [3.63, 3.8) is 0 Å². The zero-order valence-electron chi connectivity index (χ0n) is 18.5. The highest BCUT2D eigenvalue weighted by Crippen LogP contribution is 2.43. The topological polar surface area (TPSA) is 79.5 Å². The Morgan fingerprint density at radius 3 is 2.41 bits per heavy atom. The van der Waals surface area contributed by atoms with Crippen molar-refractivity contribution in [2.45, 2.75) is 38.6 Å². The van der Waals surface area contributed by atoms with E-state index in [-0.39, 0.29) is 33.2 Å². The summed E-state index contributed by atoms with van der Waals surface area (Å²) in [6.07, 6.45) is 4.28. The van der Waals surface area contributed by atoms with Crippen LogP contribution >= 0.6 is 23.2 Å². The Morgan fingerprint density at radius 2 is 1.71 bits per heavy atom. The van der Waals surface area contributed by atoms with Crippen LogP contribution in [0.25, 0.3) is 33.4 Å². The van der Waals surface area contributed by atoms with Crippen molar-refractivity contribution >= 4 is 40.1 Å². The minimum absolute atomic E-state index is 0.0750. The van der Waals surface area contributed by atoms with Crippen LogP contribution in [0.1, 0.15) is 43.0 Å². The monoisotopic (exact) mass is 495 g/mol. The largest absolute Gasteiger partial charge is 0.506 e. The summed E-state index contributed by atoms with van der Waals surface area (Å²) >= 11 is 12.4. The molecule has 0 bridgehead atoms. The molecule has 1 amide bonds. The molecule has 5 rings (SSSR count). The maximum absolute atomic E-state index is 12.8. The maximum atomic E-state index is 12.8. The first kappa shape index (κ1) is 22.8. The summed E-state index contributed by atoms with van der Waals surface area (Å²) in [5.74, 6) is 0.850. The highest BCUT2D eigenvalue weighted by atomic mass is 35.5. The summed E-state index contributed by atoms with van der Waals surface area (Å²) in [5, 5.41) is 14.1. The van der Waals surface area contributed by atoms with Gasteiger partial charge in [0.2, 0.25) is 5.43 Å². The molecule has 0 spiro atoms. The fourth-order valence-electron chi connectivity index (χ4n) is 4.67. The Kier molecular flexibility index (Phi) is 6.00. The van der Waals surface area contributed by atoms with Crippen LogP contribution in [0.5, 0.6) is 5.75 Å². The molecule has 7 heteroatoms. The first-order valence-corrected chi connectivity index (χ1v) is 12.1. The summed E-state index contributed by atoms with van der Waals surface area (Å²) in [6, 6.07) is 13.4. The summed E-state index contributed by atoms with van der Waals surface area (Å²) in [5.41, 5.74) is 2.77. The minimum atomic E-state index is -0.356. The Hall–Kier alpha value is -3.02. The average molecular weight is 496 g/mol. The van der Waals surface area contributed by atoms with E-state index in [2.05, 4.69) is 12.2 Å². The SMILES string of the molecule is CC1CCC(NC(=O)c2ccc(-c3c4cc(Cl)c(=O)cc-4oc4cc(O)c(Cl)cc34)cc2)CC1. The van der Waals surface area contributed by atoms with E-state index in [4.69, 9.17) is 27.6 Å². The van der Waals surface area contributed by atoms with Gasteiger partial charge < -0.3 is 14.8 Å². The predicted molar refractivity (Wildman–Crippen MR) is 135 cm³/mol. The Balaban J connectivity index is 1.56. The molecule has 0 saturated heterocycles. The Morgan fingerprint density at radius 1 is 1.00 bits per heavy atom. The lowest BCUT2D eigenvalue weighted by Gasteiger charge is -2.26. The molecule has 1 fully saturated rings. The summed E-state index contributed by atoms with van der Waals surface area (Å²) in [7, 11) is 0. The molecule has 174 valence electrons. The van der Waals surface area contributed by atoms with E-state index in [9.17, 15) is 14.7 Å². The van der Waals surface area contributed by atoms with Gasteiger partial charge in [-0.1, -0.05) is 42.3 Å². The predicted octanol–water partition coefficient (Wildman–Crippen LogP) is 6.89. The number of amides is 1. The highest BCUT2D eigenvalue weighted by Gasteiger charge is 2.22. The molecule has 2 N–H and O–H groups in total. The molecule has 5 nitrogen and oxygen atoms in total. The fourth-order valence-corrected chi connectivity index (χ4v) is 5.00. The van der Waals surface area contributed by atoms with Gasteiger partial charge in [-0.05, 0) is 61.4 Å². The number of rotatable bonds is 3. The number of phenols is 1. The minimum Gasteiger partial charge on any atom is -0.506 e. The fraction of sp³-hybridized carbons (Fsp3) is 0.259.